The molecule has 7 heteroatoms. The molecule has 1 aromatic carbocycles. The average molecular weight is 329 g/mol. The zero-order valence-corrected chi connectivity index (χ0v) is 13.1. The summed E-state index contributed by atoms with van der Waals surface area (Å²) in [4.78, 5) is 34.6. The summed E-state index contributed by atoms with van der Waals surface area (Å²) < 4.78 is 0. The van der Waals surface area contributed by atoms with Crippen molar-refractivity contribution >= 4 is 40.1 Å². The molecule has 6 nitrogen and oxygen atoms in total. The Morgan fingerprint density at radius 3 is 2.48 bits per heavy atom. The zero-order chi connectivity index (χ0) is 16.7. The topological polar surface area (TPSA) is 87.3 Å². The van der Waals surface area contributed by atoms with Crippen LogP contribution in [0.25, 0.3) is 6.08 Å². The molecular formula is C16H15N3O3S. The molecule has 2 aromatic rings. The SMILES string of the molecule is CC(=O)NNC(=O)c1ccsc1NC(=O)/C=C/c1ccccc1. The number of hydrogen-bond donors (Lipinski definition) is 3. The molecule has 0 aliphatic heterocycles. The van der Waals surface area contributed by atoms with Crippen LogP contribution in [0.4, 0.5) is 5.00 Å². The summed E-state index contributed by atoms with van der Waals surface area (Å²) in [5.74, 6) is -1.22. The van der Waals surface area contributed by atoms with Crippen molar-refractivity contribution in [1.82, 2.24) is 10.9 Å². The fraction of sp³-hybridized carbons (Fsp3) is 0.0625. The van der Waals surface area contributed by atoms with Crippen LogP contribution in [0.3, 0.4) is 0 Å². The maximum Gasteiger partial charge on any atom is 0.272 e. The largest absolute Gasteiger partial charge is 0.313 e. The lowest BCUT2D eigenvalue weighted by Crippen LogP contribution is -2.40. The number of rotatable bonds is 4. The first-order valence-corrected chi connectivity index (χ1v) is 7.63. The van der Waals surface area contributed by atoms with Gasteiger partial charge in [-0.3, -0.25) is 25.2 Å². The predicted molar refractivity (Wildman–Crippen MR) is 89.7 cm³/mol. The standard InChI is InChI=1S/C16H15N3O3S/c1-11(20)18-19-15(22)13-9-10-23-16(13)17-14(21)8-7-12-5-3-2-4-6-12/h2-10H,1H3,(H,17,21)(H,18,20)(H,19,22)/b8-7+. The van der Waals surface area contributed by atoms with Gasteiger partial charge in [0, 0.05) is 13.0 Å². The number of nitrogens with one attached hydrogen (secondary N) is 3. The second-order valence-electron chi connectivity index (χ2n) is 4.53. The van der Waals surface area contributed by atoms with Crippen LogP contribution in [0.5, 0.6) is 0 Å². The highest BCUT2D eigenvalue weighted by atomic mass is 32.1. The summed E-state index contributed by atoms with van der Waals surface area (Å²) >= 11 is 1.22. The summed E-state index contributed by atoms with van der Waals surface area (Å²) in [6.07, 6.45) is 3.07. The zero-order valence-electron chi connectivity index (χ0n) is 12.3. The predicted octanol–water partition coefficient (Wildman–Crippen LogP) is 2.18. The lowest BCUT2D eigenvalue weighted by Gasteiger charge is -2.06. The minimum absolute atomic E-state index is 0.283. The fourth-order valence-electron chi connectivity index (χ4n) is 1.69. The van der Waals surface area contributed by atoms with Crippen molar-refractivity contribution < 1.29 is 14.4 Å². The van der Waals surface area contributed by atoms with Crippen LogP contribution in [-0.2, 0) is 9.59 Å². The van der Waals surface area contributed by atoms with E-state index in [0.29, 0.717) is 5.00 Å². The lowest BCUT2D eigenvalue weighted by atomic mass is 10.2. The molecule has 118 valence electrons. The van der Waals surface area contributed by atoms with E-state index < -0.39 is 5.91 Å². The molecule has 3 N–H and O–H groups in total. The molecule has 0 saturated carbocycles. The highest BCUT2D eigenvalue weighted by Crippen LogP contribution is 2.23. The van der Waals surface area contributed by atoms with Crippen molar-refractivity contribution in [3.63, 3.8) is 0 Å². The molecule has 0 unspecified atom stereocenters. The van der Waals surface area contributed by atoms with Crippen molar-refractivity contribution in [2.75, 3.05) is 5.32 Å². The maximum atomic E-state index is 11.9. The molecule has 23 heavy (non-hydrogen) atoms. The Balaban J connectivity index is 1.99. The third-order valence-corrected chi connectivity index (χ3v) is 3.56. The molecule has 3 amide bonds. The van der Waals surface area contributed by atoms with Gasteiger partial charge in [0.2, 0.25) is 11.8 Å². The molecule has 0 aliphatic rings. The summed E-state index contributed by atoms with van der Waals surface area (Å²) in [7, 11) is 0. The first-order chi connectivity index (χ1) is 11.1. The number of hydrogen-bond acceptors (Lipinski definition) is 4. The van der Waals surface area contributed by atoms with Crippen LogP contribution in [0.2, 0.25) is 0 Å². The highest BCUT2D eigenvalue weighted by Gasteiger charge is 2.14. The van der Waals surface area contributed by atoms with Crippen LogP contribution in [0, 0.1) is 0 Å². The third-order valence-electron chi connectivity index (χ3n) is 2.73. The normalized spacial score (nSPS) is 10.3. The van der Waals surface area contributed by atoms with E-state index in [9.17, 15) is 14.4 Å². The summed E-state index contributed by atoms with van der Waals surface area (Å²) in [5.41, 5.74) is 5.64. The van der Waals surface area contributed by atoms with Crippen LogP contribution in [0.15, 0.2) is 47.9 Å². The summed E-state index contributed by atoms with van der Waals surface area (Å²) in [6.45, 7) is 1.28. The van der Waals surface area contributed by atoms with Gasteiger partial charge in [-0.25, -0.2) is 0 Å². The number of benzene rings is 1. The van der Waals surface area contributed by atoms with Gasteiger partial charge >= 0.3 is 0 Å². The molecule has 2 rings (SSSR count). The van der Waals surface area contributed by atoms with E-state index in [1.165, 1.54) is 24.3 Å². The molecule has 0 fully saturated rings. The van der Waals surface area contributed by atoms with Crippen molar-refractivity contribution in [3.05, 3.63) is 59.0 Å². The summed E-state index contributed by atoms with van der Waals surface area (Å²) in [5, 5.41) is 4.74. The molecule has 0 radical (unpaired) electrons. The first kappa shape index (κ1) is 16.4. The van der Waals surface area contributed by atoms with Gasteiger partial charge in [-0.15, -0.1) is 11.3 Å². The second kappa shape index (κ2) is 7.90. The monoisotopic (exact) mass is 329 g/mol. The molecule has 1 aromatic heterocycles. The van der Waals surface area contributed by atoms with Gasteiger partial charge in [0.1, 0.15) is 5.00 Å². The smallest absolute Gasteiger partial charge is 0.272 e. The Kier molecular flexibility index (Phi) is 5.65. The molecule has 0 atom stereocenters. The van der Waals surface area contributed by atoms with E-state index in [1.54, 1.807) is 17.5 Å². The molecule has 1 heterocycles. The number of carbonyl (C=O) groups excluding carboxylic acids is 3. The lowest BCUT2D eigenvalue weighted by molar-refractivity contribution is -0.119. The van der Waals surface area contributed by atoms with Crippen LogP contribution in [0.1, 0.15) is 22.8 Å². The van der Waals surface area contributed by atoms with E-state index in [-0.39, 0.29) is 17.4 Å². The minimum atomic E-state index is -0.496. The van der Waals surface area contributed by atoms with Gasteiger partial charge in [-0.05, 0) is 23.1 Å². The third kappa shape index (κ3) is 5.08. The van der Waals surface area contributed by atoms with E-state index in [2.05, 4.69) is 16.2 Å². The maximum absolute atomic E-state index is 11.9. The number of thiophene rings is 1. The Bertz CT molecular complexity index is 738. The van der Waals surface area contributed by atoms with Crippen LogP contribution < -0.4 is 16.2 Å². The van der Waals surface area contributed by atoms with Gasteiger partial charge in [0.15, 0.2) is 0 Å². The average Bonchev–Trinajstić information content (AvgIpc) is 2.99. The number of anilines is 1. The van der Waals surface area contributed by atoms with Crippen LogP contribution >= 0.6 is 11.3 Å². The Labute approximate surface area is 137 Å². The number of amides is 3. The second-order valence-corrected chi connectivity index (χ2v) is 5.45. The van der Waals surface area contributed by atoms with Crippen molar-refractivity contribution in [3.8, 4) is 0 Å². The Morgan fingerprint density at radius 1 is 1.04 bits per heavy atom. The number of carbonyl (C=O) groups is 3. The quantitative estimate of drug-likeness (QED) is 0.593. The molecule has 0 aliphatic carbocycles. The molecular weight excluding hydrogens is 314 g/mol. The fourth-order valence-corrected chi connectivity index (χ4v) is 2.47. The first-order valence-electron chi connectivity index (χ1n) is 6.75. The van der Waals surface area contributed by atoms with E-state index in [1.807, 2.05) is 30.3 Å². The Hall–Kier alpha value is -2.93. The van der Waals surface area contributed by atoms with Gasteiger partial charge in [0.25, 0.3) is 5.91 Å². The van der Waals surface area contributed by atoms with Gasteiger partial charge in [-0.2, -0.15) is 0 Å². The molecule has 0 spiro atoms. The summed E-state index contributed by atoms with van der Waals surface area (Å²) in [6, 6.07) is 11.0. The van der Waals surface area contributed by atoms with E-state index >= 15 is 0 Å². The molecule has 0 bridgehead atoms. The molecule has 0 saturated heterocycles. The van der Waals surface area contributed by atoms with E-state index in [4.69, 9.17) is 0 Å². The van der Waals surface area contributed by atoms with Gasteiger partial charge < -0.3 is 5.32 Å². The van der Waals surface area contributed by atoms with Crippen molar-refractivity contribution in [2.45, 2.75) is 6.92 Å². The van der Waals surface area contributed by atoms with Gasteiger partial charge in [0.05, 0.1) is 5.56 Å². The minimum Gasteiger partial charge on any atom is -0.313 e. The Morgan fingerprint density at radius 2 is 1.78 bits per heavy atom. The number of hydrazine groups is 1. The van der Waals surface area contributed by atoms with Gasteiger partial charge in [-0.1, -0.05) is 30.3 Å². The van der Waals surface area contributed by atoms with E-state index in [0.717, 1.165) is 5.56 Å². The van der Waals surface area contributed by atoms with Crippen molar-refractivity contribution in [1.29, 1.82) is 0 Å². The highest BCUT2D eigenvalue weighted by molar-refractivity contribution is 7.14. The van der Waals surface area contributed by atoms with Crippen LogP contribution in [-0.4, -0.2) is 17.7 Å². The van der Waals surface area contributed by atoms with Crippen molar-refractivity contribution in [2.24, 2.45) is 0 Å².